The minimum atomic E-state index is -4.88. The second-order valence-corrected chi connectivity index (χ2v) is 9.34. The number of nitrogens with zero attached hydrogens (tertiary/aromatic N) is 4. The van der Waals surface area contributed by atoms with Gasteiger partial charge in [-0.05, 0) is 42.0 Å². The molecule has 3 aromatic heterocycles. The van der Waals surface area contributed by atoms with Gasteiger partial charge in [-0.15, -0.1) is 0 Å². The zero-order valence-electron chi connectivity index (χ0n) is 19.4. The lowest BCUT2D eigenvalue weighted by atomic mass is 10.1. The highest BCUT2D eigenvalue weighted by Gasteiger charge is 2.18. The van der Waals surface area contributed by atoms with Crippen molar-refractivity contribution < 1.29 is 32.7 Å². The van der Waals surface area contributed by atoms with Crippen LogP contribution in [0.5, 0.6) is 5.75 Å². The van der Waals surface area contributed by atoms with Crippen LogP contribution in [0.4, 0.5) is 5.82 Å². The van der Waals surface area contributed by atoms with Gasteiger partial charge in [0.15, 0.2) is 12.5 Å². The number of hydrogen-bond donors (Lipinski definition) is 2. The van der Waals surface area contributed by atoms with Crippen LogP contribution in [0.15, 0.2) is 83.6 Å². The highest BCUT2D eigenvalue weighted by molar-refractivity contribution is 7.44. The second kappa shape index (κ2) is 10.5. The Kier molecular flexibility index (Phi) is 6.93. The van der Waals surface area contributed by atoms with Crippen molar-refractivity contribution in [1.82, 2.24) is 15.1 Å². The Balaban J connectivity index is 1.21. The van der Waals surface area contributed by atoms with Crippen molar-refractivity contribution in [2.75, 3.05) is 5.73 Å². The lowest BCUT2D eigenvalue weighted by Gasteiger charge is -2.14. The number of anilines is 1. The van der Waals surface area contributed by atoms with Gasteiger partial charge >= 0.3 is 0 Å². The highest BCUT2D eigenvalue weighted by atomic mass is 31.2. The molecule has 11 nitrogen and oxygen atoms in total. The molecule has 1 unspecified atom stereocenters. The van der Waals surface area contributed by atoms with Crippen molar-refractivity contribution in [3.8, 4) is 17.1 Å². The van der Waals surface area contributed by atoms with E-state index in [9.17, 15) is 9.46 Å². The molecule has 0 spiro atoms. The first-order valence-electron chi connectivity index (χ1n) is 11.2. The van der Waals surface area contributed by atoms with E-state index < -0.39 is 14.6 Å². The summed E-state index contributed by atoms with van der Waals surface area (Å²) >= 11 is 0. The van der Waals surface area contributed by atoms with Crippen molar-refractivity contribution in [1.29, 1.82) is 0 Å². The monoisotopic (exact) mass is 519 g/mol. The van der Waals surface area contributed by atoms with Crippen LogP contribution in [0.2, 0.25) is 0 Å². The number of ether oxygens (including phenoxy) is 1. The Hall–Kier alpha value is -4.15. The highest BCUT2D eigenvalue weighted by Crippen LogP contribution is 2.30. The first-order valence-corrected chi connectivity index (χ1v) is 12.7. The number of para-hydroxylation sites is 2. The first-order chi connectivity index (χ1) is 17.8. The molecule has 5 aromatic rings. The molecule has 0 bridgehead atoms. The summed E-state index contributed by atoms with van der Waals surface area (Å²) in [6, 6.07) is 20.4. The van der Waals surface area contributed by atoms with Gasteiger partial charge in [-0.25, -0.2) is 9.55 Å². The van der Waals surface area contributed by atoms with E-state index in [1.165, 1.54) is 10.8 Å². The molecule has 188 valence electrons. The molecule has 3 heterocycles. The molecule has 0 aliphatic carbocycles. The molecule has 0 aliphatic rings. The largest absolute Gasteiger partial charge is 0.756 e. The molecule has 0 saturated carbocycles. The maximum Gasteiger partial charge on any atom is 0.285 e. The third-order valence-corrected chi connectivity index (χ3v) is 5.93. The lowest BCUT2D eigenvalue weighted by Crippen LogP contribution is -2.38. The first kappa shape index (κ1) is 24.5. The molecular weight excluding hydrogens is 497 g/mol. The topological polar surface area (TPSA) is 161 Å². The van der Waals surface area contributed by atoms with Crippen LogP contribution in [-0.2, 0) is 28.8 Å². The zero-order valence-corrected chi connectivity index (χ0v) is 20.3. The number of benzene rings is 2. The fraction of sp³-hybridized carbons (Fsp3) is 0.120. The van der Waals surface area contributed by atoms with Crippen LogP contribution in [0.3, 0.4) is 0 Å². The summed E-state index contributed by atoms with van der Waals surface area (Å²) in [6.45, 7) is -0.169. The van der Waals surface area contributed by atoms with Gasteiger partial charge in [0.1, 0.15) is 17.9 Å². The van der Waals surface area contributed by atoms with Crippen LogP contribution in [0.1, 0.15) is 17.0 Å². The molecule has 1 atom stereocenters. The van der Waals surface area contributed by atoms with Crippen LogP contribution in [-0.4, -0.2) is 20.0 Å². The van der Waals surface area contributed by atoms with E-state index >= 15 is 0 Å². The van der Waals surface area contributed by atoms with E-state index in [0.29, 0.717) is 35.8 Å². The van der Waals surface area contributed by atoms with Gasteiger partial charge in [-0.3, -0.25) is 19.8 Å². The van der Waals surface area contributed by atoms with E-state index in [1.54, 1.807) is 24.4 Å². The predicted molar refractivity (Wildman–Crippen MR) is 131 cm³/mol. The molecule has 0 amide bonds. The molecule has 0 fully saturated rings. The normalized spacial score (nSPS) is 12.9. The van der Waals surface area contributed by atoms with Gasteiger partial charge in [0, 0.05) is 12.5 Å². The van der Waals surface area contributed by atoms with Gasteiger partial charge in [-0.2, -0.15) is 0 Å². The van der Waals surface area contributed by atoms with Crippen LogP contribution < -0.4 is 19.9 Å². The SMILES string of the molecule is Nc1c(-c2cc(Cc3ccc(OCc4cnc5ccccc5n4)cc3)no2)ccc[n+]1COP(=O)([O-])O. The summed E-state index contributed by atoms with van der Waals surface area (Å²) in [5, 5.41) is 4.12. The molecule has 2 aromatic carbocycles. The zero-order chi connectivity index (χ0) is 25.8. The van der Waals surface area contributed by atoms with Crippen molar-refractivity contribution in [2.45, 2.75) is 19.8 Å². The van der Waals surface area contributed by atoms with Crippen molar-refractivity contribution in [2.24, 2.45) is 0 Å². The van der Waals surface area contributed by atoms with Gasteiger partial charge in [0.05, 0.1) is 34.8 Å². The summed E-state index contributed by atoms with van der Waals surface area (Å²) in [5.41, 5.74) is 10.7. The summed E-state index contributed by atoms with van der Waals surface area (Å²) in [4.78, 5) is 28.7. The van der Waals surface area contributed by atoms with E-state index in [-0.39, 0.29) is 5.82 Å². The van der Waals surface area contributed by atoms with Gasteiger partial charge < -0.3 is 19.0 Å². The Morgan fingerprint density at radius 3 is 2.62 bits per heavy atom. The fourth-order valence-electron chi connectivity index (χ4n) is 3.68. The molecule has 12 heteroatoms. The predicted octanol–water partition coefficient (Wildman–Crippen LogP) is 2.76. The number of aromatic nitrogens is 4. The van der Waals surface area contributed by atoms with Crippen molar-refractivity contribution >= 4 is 24.7 Å². The number of phosphoric acid groups is 1. The van der Waals surface area contributed by atoms with Crippen molar-refractivity contribution in [3.05, 3.63) is 96.1 Å². The van der Waals surface area contributed by atoms with Crippen LogP contribution in [0.25, 0.3) is 22.4 Å². The summed E-state index contributed by atoms with van der Waals surface area (Å²) in [6.07, 6.45) is 3.74. The van der Waals surface area contributed by atoms with Gasteiger partial charge in [0.2, 0.25) is 0 Å². The van der Waals surface area contributed by atoms with Crippen LogP contribution in [0, 0.1) is 0 Å². The molecule has 0 aliphatic heterocycles. The van der Waals surface area contributed by atoms with Gasteiger partial charge in [0.25, 0.3) is 13.6 Å². The average Bonchev–Trinajstić information content (AvgIpc) is 3.35. The van der Waals surface area contributed by atoms with E-state index in [2.05, 4.69) is 19.6 Å². The average molecular weight is 519 g/mol. The fourth-order valence-corrected chi connectivity index (χ4v) is 3.95. The summed E-state index contributed by atoms with van der Waals surface area (Å²) in [5.74, 6) is 1.30. The number of fused-ring (bicyclic) bond motifs is 1. The quantitative estimate of drug-likeness (QED) is 0.219. The smallest absolute Gasteiger partial charge is 0.285 e. The third-order valence-electron chi connectivity index (χ3n) is 5.49. The Morgan fingerprint density at radius 1 is 1.05 bits per heavy atom. The van der Waals surface area contributed by atoms with Crippen molar-refractivity contribution in [3.63, 3.8) is 0 Å². The second-order valence-electron chi connectivity index (χ2n) is 8.15. The number of nitrogen functional groups attached to an aromatic ring is 1. The van der Waals surface area contributed by atoms with Crippen LogP contribution >= 0.6 is 7.82 Å². The maximum atomic E-state index is 10.9. The van der Waals surface area contributed by atoms with E-state index in [4.69, 9.17) is 19.9 Å². The lowest BCUT2D eigenvalue weighted by molar-refractivity contribution is -0.712. The maximum absolute atomic E-state index is 10.9. The Morgan fingerprint density at radius 2 is 1.84 bits per heavy atom. The van der Waals surface area contributed by atoms with E-state index in [1.807, 2.05) is 48.5 Å². The number of hydrogen-bond acceptors (Lipinski definition) is 9. The number of nitrogens with two attached hydrogens (primary N) is 1. The standard InChI is InChI=1S/C25H22N5O6P/c26-25-21(4-3-11-30(25)16-35-37(31,32)33)24-13-18(29-36-24)12-17-7-9-20(10-8-17)34-15-19-14-27-22-5-1-2-6-23(22)28-19/h1-11,13-14,26H,12,15-16H2,(H2,31,32,33). The third kappa shape index (κ3) is 6.16. The number of phosphoric ester groups is 1. The molecule has 0 radical (unpaired) electrons. The molecule has 0 saturated heterocycles. The molecule has 37 heavy (non-hydrogen) atoms. The minimum Gasteiger partial charge on any atom is -0.756 e. The molecule has 3 N–H and O–H groups in total. The minimum absolute atomic E-state index is 0.191. The molecular formula is C25H22N5O6P. The summed E-state index contributed by atoms with van der Waals surface area (Å²) < 4.78 is 27.9. The Bertz CT molecular complexity index is 1580. The van der Waals surface area contributed by atoms with E-state index in [0.717, 1.165) is 22.3 Å². The Labute approximate surface area is 211 Å². The number of pyridine rings is 1. The molecule has 5 rings (SSSR count). The number of rotatable bonds is 9. The van der Waals surface area contributed by atoms with Gasteiger partial charge in [-0.1, -0.05) is 29.4 Å². The summed E-state index contributed by atoms with van der Waals surface area (Å²) in [7, 11) is -4.88.